The Morgan fingerprint density at radius 3 is 2.58 bits per heavy atom. The van der Waals surface area contributed by atoms with Gasteiger partial charge in [0.05, 0.1) is 18.6 Å². The Bertz CT molecular complexity index is 513. The molecule has 0 spiro atoms. The molecular formula is C12H14N2O5. The Morgan fingerprint density at radius 2 is 2.05 bits per heavy atom. The van der Waals surface area contributed by atoms with Gasteiger partial charge in [-0.05, 0) is 30.7 Å². The fourth-order valence-corrected chi connectivity index (χ4v) is 1.43. The number of hydrogen-bond donors (Lipinski definition) is 3. The van der Waals surface area contributed by atoms with Gasteiger partial charge in [0.2, 0.25) is 5.91 Å². The van der Waals surface area contributed by atoms with E-state index >= 15 is 0 Å². The third kappa shape index (κ3) is 4.66. The topological polar surface area (TPSA) is 119 Å². The molecule has 0 aliphatic carbocycles. The Morgan fingerprint density at radius 1 is 1.37 bits per heavy atom. The summed E-state index contributed by atoms with van der Waals surface area (Å²) >= 11 is 0. The fraction of sp³-hybridized carbons (Fsp3) is 0.250. The molecule has 7 nitrogen and oxygen atoms in total. The molecule has 0 bridgehead atoms. The number of carboxylic acids is 1. The van der Waals surface area contributed by atoms with Crippen molar-refractivity contribution in [3.8, 4) is 5.75 Å². The number of carboxylic acid groups (broad SMARTS) is 1. The van der Waals surface area contributed by atoms with E-state index in [1.54, 1.807) is 13.0 Å². The third-order valence-electron chi connectivity index (χ3n) is 2.29. The highest BCUT2D eigenvalue weighted by Crippen LogP contribution is 2.17. The lowest BCUT2D eigenvalue weighted by atomic mass is 10.1. The molecule has 0 aliphatic rings. The fourth-order valence-electron chi connectivity index (χ4n) is 1.43. The van der Waals surface area contributed by atoms with Crippen LogP contribution in [0.25, 0.3) is 0 Å². The van der Waals surface area contributed by atoms with Crippen LogP contribution in [0.1, 0.15) is 22.3 Å². The Hall–Kier alpha value is -2.57. The van der Waals surface area contributed by atoms with Gasteiger partial charge in [0, 0.05) is 0 Å². The average Bonchev–Trinajstić information content (AvgIpc) is 2.27. The normalized spacial score (nSPS) is 9.74. The summed E-state index contributed by atoms with van der Waals surface area (Å²) in [5.74, 6) is -1.09. The monoisotopic (exact) mass is 266 g/mol. The zero-order valence-corrected chi connectivity index (χ0v) is 10.3. The predicted molar refractivity (Wildman–Crippen MR) is 66.0 cm³/mol. The van der Waals surface area contributed by atoms with Crippen LogP contribution in [0.4, 0.5) is 4.79 Å². The van der Waals surface area contributed by atoms with Crippen molar-refractivity contribution >= 4 is 17.9 Å². The maximum atomic E-state index is 11.1. The molecule has 0 aromatic heterocycles. The number of amides is 3. The highest BCUT2D eigenvalue weighted by atomic mass is 16.5. The number of nitrogens with two attached hydrogens (primary N) is 1. The minimum atomic E-state index is -1.01. The van der Waals surface area contributed by atoms with Crippen LogP contribution in [-0.4, -0.2) is 29.6 Å². The molecule has 3 amide bonds. The third-order valence-corrected chi connectivity index (χ3v) is 2.29. The molecule has 102 valence electrons. The summed E-state index contributed by atoms with van der Waals surface area (Å²) in [6.45, 7) is 1.71. The SMILES string of the molecule is Cc1cc(OCCC(=O)NC(N)=O)ccc1C(=O)O. The molecule has 4 N–H and O–H groups in total. The molecule has 0 atom stereocenters. The molecule has 0 unspecified atom stereocenters. The smallest absolute Gasteiger partial charge is 0.335 e. The van der Waals surface area contributed by atoms with E-state index in [-0.39, 0.29) is 18.6 Å². The van der Waals surface area contributed by atoms with Gasteiger partial charge in [-0.2, -0.15) is 0 Å². The first-order valence-corrected chi connectivity index (χ1v) is 5.46. The van der Waals surface area contributed by atoms with Crippen molar-refractivity contribution in [2.24, 2.45) is 5.73 Å². The zero-order valence-electron chi connectivity index (χ0n) is 10.3. The predicted octanol–water partition coefficient (Wildman–Crippen LogP) is 0.657. The average molecular weight is 266 g/mol. The summed E-state index contributed by atoms with van der Waals surface area (Å²) in [5, 5.41) is 10.8. The van der Waals surface area contributed by atoms with Crippen LogP contribution in [0, 0.1) is 6.92 Å². The first kappa shape index (κ1) is 14.5. The van der Waals surface area contributed by atoms with Gasteiger partial charge in [-0.15, -0.1) is 0 Å². The summed E-state index contributed by atoms with van der Waals surface area (Å²) in [7, 11) is 0. The Labute approximate surface area is 109 Å². The second-order valence-electron chi connectivity index (χ2n) is 3.79. The maximum absolute atomic E-state index is 11.1. The van der Waals surface area contributed by atoms with Crippen molar-refractivity contribution in [1.82, 2.24) is 5.32 Å². The number of imide groups is 1. The van der Waals surface area contributed by atoms with Crippen LogP contribution in [0.5, 0.6) is 5.75 Å². The number of primary amides is 1. The second kappa shape index (κ2) is 6.39. The van der Waals surface area contributed by atoms with Gasteiger partial charge < -0.3 is 15.6 Å². The van der Waals surface area contributed by atoms with E-state index in [1.807, 2.05) is 5.32 Å². The number of aromatic carboxylic acids is 1. The van der Waals surface area contributed by atoms with Crippen LogP contribution < -0.4 is 15.8 Å². The van der Waals surface area contributed by atoms with E-state index in [1.165, 1.54) is 12.1 Å². The minimum absolute atomic E-state index is 0.0251. The first-order chi connectivity index (χ1) is 8.90. The lowest BCUT2D eigenvalue weighted by Gasteiger charge is -2.08. The van der Waals surface area contributed by atoms with E-state index < -0.39 is 17.9 Å². The van der Waals surface area contributed by atoms with Crippen molar-refractivity contribution < 1.29 is 24.2 Å². The Kier molecular flexibility index (Phi) is 4.87. The standard InChI is InChI=1S/C12H14N2O5/c1-7-6-8(2-3-9(7)11(16)17)19-5-4-10(15)14-12(13)18/h2-3,6H,4-5H2,1H3,(H,16,17)(H3,13,14,15,18). The molecule has 0 fully saturated rings. The lowest BCUT2D eigenvalue weighted by molar-refractivity contribution is -0.120. The molecule has 7 heteroatoms. The number of urea groups is 1. The highest BCUT2D eigenvalue weighted by Gasteiger charge is 2.08. The van der Waals surface area contributed by atoms with E-state index in [4.69, 9.17) is 15.6 Å². The van der Waals surface area contributed by atoms with E-state index in [0.29, 0.717) is 11.3 Å². The van der Waals surface area contributed by atoms with E-state index in [2.05, 4.69) is 0 Å². The molecule has 0 saturated heterocycles. The molecule has 1 rings (SSSR count). The molecular weight excluding hydrogens is 252 g/mol. The number of ether oxygens (including phenoxy) is 1. The molecule has 19 heavy (non-hydrogen) atoms. The maximum Gasteiger partial charge on any atom is 0.335 e. The first-order valence-electron chi connectivity index (χ1n) is 5.46. The number of aryl methyl sites for hydroxylation is 1. The summed E-state index contributed by atoms with van der Waals surface area (Å²) < 4.78 is 5.27. The van der Waals surface area contributed by atoms with Crippen molar-refractivity contribution in [3.05, 3.63) is 29.3 Å². The number of hydrogen-bond acceptors (Lipinski definition) is 4. The quantitative estimate of drug-likeness (QED) is 0.723. The molecule has 1 aromatic carbocycles. The summed E-state index contributed by atoms with van der Waals surface area (Å²) in [5.41, 5.74) is 5.53. The van der Waals surface area contributed by atoms with Crippen LogP contribution in [0.15, 0.2) is 18.2 Å². The number of benzene rings is 1. The number of carbonyl (C=O) groups excluding carboxylic acids is 2. The van der Waals surface area contributed by atoms with Crippen LogP contribution in [0.2, 0.25) is 0 Å². The van der Waals surface area contributed by atoms with Crippen LogP contribution in [0.3, 0.4) is 0 Å². The largest absolute Gasteiger partial charge is 0.493 e. The number of rotatable bonds is 5. The minimum Gasteiger partial charge on any atom is -0.493 e. The summed E-state index contributed by atoms with van der Waals surface area (Å²) in [6.07, 6.45) is -0.0251. The van der Waals surface area contributed by atoms with Gasteiger partial charge in [-0.3, -0.25) is 10.1 Å². The van der Waals surface area contributed by atoms with Gasteiger partial charge in [0.15, 0.2) is 0 Å². The molecule has 0 saturated carbocycles. The number of nitrogens with one attached hydrogen (secondary N) is 1. The van der Waals surface area contributed by atoms with Crippen molar-refractivity contribution in [1.29, 1.82) is 0 Å². The summed E-state index contributed by atoms with van der Waals surface area (Å²) in [6, 6.07) is 3.58. The van der Waals surface area contributed by atoms with E-state index in [0.717, 1.165) is 0 Å². The van der Waals surface area contributed by atoms with Gasteiger partial charge >= 0.3 is 12.0 Å². The molecule has 0 aliphatic heterocycles. The highest BCUT2D eigenvalue weighted by molar-refractivity contribution is 5.93. The van der Waals surface area contributed by atoms with E-state index in [9.17, 15) is 14.4 Å². The van der Waals surface area contributed by atoms with Gasteiger partial charge in [0.25, 0.3) is 0 Å². The summed E-state index contributed by atoms with van der Waals surface area (Å²) in [4.78, 5) is 32.3. The lowest BCUT2D eigenvalue weighted by Crippen LogP contribution is -2.35. The Balaban J connectivity index is 2.50. The van der Waals surface area contributed by atoms with Gasteiger partial charge in [-0.25, -0.2) is 9.59 Å². The van der Waals surface area contributed by atoms with Crippen LogP contribution >= 0.6 is 0 Å². The molecule has 0 heterocycles. The van der Waals surface area contributed by atoms with Crippen molar-refractivity contribution in [2.45, 2.75) is 13.3 Å². The van der Waals surface area contributed by atoms with Crippen LogP contribution in [-0.2, 0) is 4.79 Å². The zero-order chi connectivity index (χ0) is 14.4. The van der Waals surface area contributed by atoms with Gasteiger partial charge in [-0.1, -0.05) is 0 Å². The molecule has 0 radical (unpaired) electrons. The second-order valence-corrected chi connectivity index (χ2v) is 3.79. The van der Waals surface area contributed by atoms with Gasteiger partial charge in [0.1, 0.15) is 5.75 Å². The number of carbonyl (C=O) groups is 3. The van der Waals surface area contributed by atoms with Crippen molar-refractivity contribution in [3.63, 3.8) is 0 Å². The molecule has 1 aromatic rings. The van der Waals surface area contributed by atoms with Crippen molar-refractivity contribution in [2.75, 3.05) is 6.61 Å².